The summed E-state index contributed by atoms with van der Waals surface area (Å²) in [6, 6.07) is 9.54. The molecule has 0 aliphatic heterocycles. The van der Waals surface area contributed by atoms with Gasteiger partial charge in [0.05, 0.1) is 5.69 Å². The first kappa shape index (κ1) is 10.1. The van der Waals surface area contributed by atoms with Gasteiger partial charge in [-0.2, -0.15) is 5.26 Å². The number of hydrogen-bond donors (Lipinski definition) is 1. The summed E-state index contributed by atoms with van der Waals surface area (Å²) in [5.74, 6) is 0. The summed E-state index contributed by atoms with van der Waals surface area (Å²) in [7, 11) is 0. The fourth-order valence-corrected chi connectivity index (χ4v) is 1.33. The van der Waals surface area contributed by atoms with E-state index in [2.05, 4.69) is 15.3 Å². The fourth-order valence-electron chi connectivity index (χ4n) is 1.33. The van der Waals surface area contributed by atoms with Crippen molar-refractivity contribution in [2.24, 2.45) is 0 Å². The Morgan fingerprint density at radius 1 is 1.19 bits per heavy atom. The van der Waals surface area contributed by atoms with Crippen LogP contribution in [0, 0.1) is 11.3 Å². The molecular weight excluding hydrogens is 200 g/mol. The van der Waals surface area contributed by atoms with Gasteiger partial charge >= 0.3 is 0 Å². The van der Waals surface area contributed by atoms with Crippen LogP contribution < -0.4 is 5.32 Å². The Labute approximate surface area is 93.6 Å². The summed E-state index contributed by atoms with van der Waals surface area (Å²) in [6.45, 7) is 0.656. The number of hydrogen-bond acceptors (Lipinski definition) is 4. The Morgan fingerprint density at radius 3 is 2.75 bits per heavy atom. The second-order valence-electron chi connectivity index (χ2n) is 3.22. The van der Waals surface area contributed by atoms with Gasteiger partial charge in [-0.05, 0) is 29.8 Å². The highest BCUT2D eigenvalue weighted by molar-refractivity contribution is 5.53. The number of aromatic nitrogens is 2. The van der Waals surface area contributed by atoms with Crippen molar-refractivity contribution in [3.05, 3.63) is 54.1 Å². The predicted molar refractivity (Wildman–Crippen MR) is 60.5 cm³/mol. The maximum Gasteiger partial charge on any atom is 0.163 e. The minimum absolute atomic E-state index is 0.413. The number of nitriles is 1. The molecular formula is C12H10N4. The maximum absolute atomic E-state index is 8.85. The number of pyridine rings is 2. The van der Waals surface area contributed by atoms with Crippen molar-refractivity contribution in [3.63, 3.8) is 0 Å². The smallest absolute Gasteiger partial charge is 0.163 e. The molecule has 0 aliphatic carbocycles. The highest BCUT2D eigenvalue weighted by Crippen LogP contribution is 2.11. The van der Waals surface area contributed by atoms with Crippen molar-refractivity contribution in [2.45, 2.75) is 6.54 Å². The third-order valence-electron chi connectivity index (χ3n) is 2.15. The van der Waals surface area contributed by atoms with Crippen molar-refractivity contribution in [3.8, 4) is 6.07 Å². The number of nitrogens with one attached hydrogen (secondary N) is 1. The minimum Gasteiger partial charge on any atom is -0.379 e. The van der Waals surface area contributed by atoms with E-state index >= 15 is 0 Å². The lowest BCUT2D eigenvalue weighted by Gasteiger charge is -2.06. The molecule has 0 radical (unpaired) electrons. The number of nitrogens with zero attached hydrogens (tertiary/aromatic N) is 3. The Hall–Kier alpha value is -2.41. The van der Waals surface area contributed by atoms with Crippen LogP contribution in [0.25, 0.3) is 0 Å². The molecule has 0 bridgehead atoms. The quantitative estimate of drug-likeness (QED) is 0.841. The van der Waals surface area contributed by atoms with Gasteiger partial charge in [0.1, 0.15) is 6.07 Å². The van der Waals surface area contributed by atoms with Gasteiger partial charge in [-0.15, -0.1) is 0 Å². The van der Waals surface area contributed by atoms with Crippen LogP contribution in [-0.2, 0) is 6.54 Å². The van der Waals surface area contributed by atoms with Crippen molar-refractivity contribution in [1.82, 2.24) is 9.97 Å². The average molecular weight is 210 g/mol. The standard InChI is InChI=1S/C12H10N4/c13-8-12-11(2-1-5-15-12)16-9-10-3-6-14-7-4-10/h1-7,16H,9H2. The first-order valence-corrected chi connectivity index (χ1v) is 4.88. The van der Waals surface area contributed by atoms with Crippen LogP contribution in [0.3, 0.4) is 0 Å². The number of anilines is 1. The Kier molecular flexibility index (Phi) is 3.10. The van der Waals surface area contributed by atoms with Crippen molar-refractivity contribution in [2.75, 3.05) is 5.32 Å². The molecule has 0 spiro atoms. The Morgan fingerprint density at radius 2 is 2.00 bits per heavy atom. The summed E-state index contributed by atoms with van der Waals surface area (Å²) in [5.41, 5.74) is 2.28. The highest BCUT2D eigenvalue weighted by atomic mass is 14.9. The first-order chi connectivity index (χ1) is 7.90. The lowest BCUT2D eigenvalue weighted by Crippen LogP contribution is -2.02. The van der Waals surface area contributed by atoms with Gasteiger partial charge in [-0.1, -0.05) is 0 Å². The van der Waals surface area contributed by atoms with Crippen molar-refractivity contribution >= 4 is 5.69 Å². The van der Waals surface area contributed by atoms with Crippen molar-refractivity contribution in [1.29, 1.82) is 5.26 Å². The van der Waals surface area contributed by atoms with Gasteiger partial charge in [-0.3, -0.25) is 4.98 Å². The average Bonchev–Trinajstić information content (AvgIpc) is 2.38. The predicted octanol–water partition coefficient (Wildman–Crippen LogP) is 1.96. The summed E-state index contributed by atoms with van der Waals surface area (Å²) >= 11 is 0. The van der Waals surface area contributed by atoms with Crippen LogP contribution >= 0.6 is 0 Å². The molecule has 4 heteroatoms. The normalized spacial score (nSPS) is 9.44. The summed E-state index contributed by atoms with van der Waals surface area (Å²) in [5, 5.41) is 12.0. The van der Waals surface area contributed by atoms with E-state index in [0.717, 1.165) is 11.3 Å². The second kappa shape index (κ2) is 4.89. The molecule has 0 saturated carbocycles. The van der Waals surface area contributed by atoms with Gasteiger partial charge in [0, 0.05) is 25.1 Å². The van der Waals surface area contributed by atoms with E-state index < -0.39 is 0 Å². The van der Waals surface area contributed by atoms with Crippen LogP contribution in [0.4, 0.5) is 5.69 Å². The Bertz CT molecular complexity index is 502. The van der Waals surface area contributed by atoms with Gasteiger partial charge in [0.2, 0.25) is 0 Å². The summed E-state index contributed by atoms with van der Waals surface area (Å²) < 4.78 is 0. The lowest BCUT2D eigenvalue weighted by atomic mass is 10.2. The molecule has 78 valence electrons. The van der Waals surface area contributed by atoms with Crippen LogP contribution in [0.2, 0.25) is 0 Å². The zero-order valence-electron chi connectivity index (χ0n) is 8.59. The van der Waals surface area contributed by atoms with Gasteiger partial charge in [-0.25, -0.2) is 4.98 Å². The maximum atomic E-state index is 8.85. The SMILES string of the molecule is N#Cc1ncccc1NCc1ccncc1. The van der Waals surface area contributed by atoms with E-state index in [1.165, 1.54) is 0 Å². The largest absolute Gasteiger partial charge is 0.379 e. The molecule has 2 aromatic heterocycles. The monoisotopic (exact) mass is 210 g/mol. The molecule has 0 fully saturated rings. The molecule has 4 nitrogen and oxygen atoms in total. The molecule has 0 amide bonds. The molecule has 0 saturated heterocycles. The van der Waals surface area contributed by atoms with E-state index in [1.807, 2.05) is 24.3 Å². The molecule has 0 aromatic carbocycles. The number of rotatable bonds is 3. The van der Waals surface area contributed by atoms with Crippen molar-refractivity contribution < 1.29 is 0 Å². The minimum atomic E-state index is 0.413. The molecule has 0 atom stereocenters. The van der Waals surface area contributed by atoms with Crippen LogP contribution in [0.1, 0.15) is 11.3 Å². The molecule has 1 N–H and O–H groups in total. The topological polar surface area (TPSA) is 61.6 Å². The zero-order chi connectivity index (χ0) is 11.2. The van der Waals surface area contributed by atoms with Crippen LogP contribution in [0.15, 0.2) is 42.9 Å². The van der Waals surface area contributed by atoms with Crippen LogP contribution in [0.5, 0.6) is 0 Å². The molecule has 2 rings (SSSR count). The van der Waals surface area contributed by atoms with E-state index in [4.69, 9.17) is 5.26 Å². The van der Waals surface area contributed by atoms with Gasteiger partial charge in [0.15, 0.2) is 5.69 Å². The fraction of sp³-hybridized carbons (Fsp3) is 0.0833. The van der Waals surface area contributed by atoms with E-state index in [-0.39, 0.29) is 0 Å². The third-order valence-corrected chi connectivity index (χ3v) is 2.15. The second-order valence-corrected chi connectivity index (χ2v) is 3.22. The molecule has 0 aliphatic rings. The van der Waals surface area contributed by atoms with E-state index in [9.17, 15) is 0 Å². The van der Waals surface area contributed by atoms with Crippen LogP contribution in [-0.4, -0.2) is 9.97 Å². The van der Waals surface area contributed by atoms with E-state index in [0.29, 0.717) is 12.2 Å². The zero-order valence-corrected chi connectivity index (χ0v) is 8.59. The Balaban J connectivity index is 2.09. The molecule has 16 heavy (non-hydrogen) atoms. The highest BCUT2D eigenvalue weighted by Gasteiger charge is 2.00. The first-order valence-electron chi connectivity index (χ1n) is 4.88. The van der Waals surface area contributed by atoms with Gasteiger partial charge < -0.3 is 5.32 Å². The molecule has 0 unspecified atom stereocenters. The molecule has 2 heterocycles. The van der Waals surface area contributed by atoms with E-state index in [1.54, 1.807) is 24.7 Å². The summed E-state index contributed by atoms with van der Waals surface area (Å²) in [6.07, 6.45) is 5.09. The molecule has 2 aromatic rings. The lowest BCUT2D eigenvalue weighted by molar-refractivity contribution is 1.11. The third kappa shape index (κ3) is 2.34. The summed E-state index contributed by atoms with van der Waals surface area (Å²) in [4.78, 5) is 7.92. The van der Waals surface area contributed by atoms with Gasteiger partial charge in [0.25, 0.3) is 0 Å².